The second-order valence-electron chi connectivity index (χ2n) is 6.63. The zero-order valence-corrected chi connectivity index (χ0v) is 16.6. The maximum atomic E-state index is 13.1. The molecule has 2 N–H and O–H groups in total. The first-order valence-electron chi connectivity index (χ1n) is 8.65. The number of aromatic nitrogens is 2. The highest BCUT2D eigenvalue weighted by Gasteiger charge is 2.21. The number of aromatic amines is 1. The van der Waals surface area contributed by atoms with Crippen LogP contribution in [0.2, 0.25) is 0 Å². The van der Waals surface area contributed by atoms with E-state index in [-0.39, 0.29) is 17.4 Å². The van der Waals surface area contributed by atoms with Crippen molar-refractivity contribution < 1.29 is 9.29 Å². The molecule has 0 fully saturated rings. The van der Waals surface area contributed by atoms with Crippen molar-refractivity contribution in [1.29, 1.82) is 0 Å². The van der Waals surface area contributed by atoms with Gasteiger partial charge in [-0.3, -0.25) is 4.79 Å². The minimum absolute atomic E-state index is 0.000518. The molecule has 138 valence electrons. The highest BCUT2D eigenvalue weighted by atomic mass is 32.1. The Morgan fingerprint density at radius 1 is 1.22 bits per heavy atom. The van der Waals surface area contributed by atoms with Crippen LogP contribution in [-0.4, -0.2) is 17.0 Å². The molecule has 27 heavy (non-hydrogen) atoms. The third-order valence-electron chi connectivity index (χ3n) is 4.79. The number of halogens is 1. The number of rotatable bonds is 5. The molecule has 3 heterocycles. The van der Waals surface area contributed by atoms with Gasteiger partial charge in [0.15, 0.2) is 5.82 Å². The predicted molar refractivity (Wildman–Crippen MR) is 109 cm³/mol. The zero-order chi connectivity index (χ0) is 19.0. The Morgan fingerprint density at radius 3 is 2.70 bits per heavy atom. The Morgan fingerprint density at radius 2 is 2.00 bits per heavy atom. The summed E-state index contributed by atoms with van der Waals surface area (Å²) in [4.78, 5) is 23.5. The van der Waals surface area contributed by atoms with Gasteiger partial charge in [0.25, 0.3) is 5.56 Å². The first kappa shape index (κ1) is 18.0. The molecule has 4 rings (SSSR count). The molecule has 0 aliphatic rings. The molecular weight excluding hydrogens is 381 g/mol. The van der Waals surface area contributed by atoms with Crippen LogP contribution in [0.15, 0.2) is 52.0 Å². The fourth-order valence-corrected chi connectivity index (χ4v) is 4.86. The van der Waals surface area contributed by atoms with E-state index < -0.39 is 0 Å². The quantitative estimate of drug-likeness (QED) is 0.538. The van der Waals surface area contributed by atoms with E-state index in [0.29, 0.717) is 17.8 Å². The summed E-state index contributed by atoms with van der Waals surface area (Å²) >= 11 is 3.12. The lowest BCUT2D eigenvalue weighted by molar-refractivity contribution is -0.924. The van der Waals surface area contributed by atoms with Gasteiger partial charge in [-0.2, -0.15) is 0 Å². The summed E-state index contributed by atoms with van der Waals surface area (Å²) in [5, 5.41) is 4.67. The smallest absolute Gasteiger partial charge is 0.260 e. The van der Waals surface area contributed by atoms with Crippen LogP contribution in [0.25, 0.3) is 20.7 Å². The highest BCUT2D eigenvalue weighted by molar-refractivity contribution is 7.18. The van der Waals surface area contributed by atoms with Crippen LogP contribution in [0.5, 0.6) is 0 Å². The number of quaternary nitrogens is 1. The third kappa shape index (κ3) is 3.58. The summed E-state index contributed by atoms with van der Waals surface area (Å²) in [6.07, 6.45) is 0. The first-order chi connectivity index (χ1) is 13.0. The number of thiophene rings is 2. The summed E-state index contributed by atoms with van der Waals surface area (Å²) in [6.45, 7) is 2.75. The van der Waals surface area contributed by atoms with E-state index >= 15 is 0 Å². The van der Waals surface area contributed by atoms with Crippen molar-refractivity contribution in [2.45, 2.75) is 19.5 Å². The topological polar surface area (TPSA) is 50.2 Å². The van der Waals surface area contributed by atoms with Crippen LogP contribution in [0.3, 0.4) is 0 Å². The van der Waals surface area contributed by atoms with E-state index in [1.807, 2.05) is 36.9 Å². The highest BCUT2D eigenvalue weighted by Crippen LogP contribution is 2.33. The van der Waals surface area contributed by atoms with Gasteiger partial charge in [-0.1, -0.05) is 18.2 Å². The SMILES string of the molecule is C[C@@H](c1nc2scc(-c3cccs3)c2c(=O)[nH]1)[NH+](C)Cc1ccc(F)cc1. The van der Waals surface area contributed by atoms with Crippen LogP contribution in [-0.2, 0) is 6.54 Å². The van der Waals surface area contributed by atoms with Gasteiger partial charge < -0.3 is 9.88 Å². The molecule has 4 nitrogen and oxygen atoms in total. The van der Waals surface area contributed by atoms with Gasteiger partial charge in [0.05, 0.1) is 12.4 Å². The number of nitrogens with one attached hydrogen (secondary N) is 2. The molecular formula is C20H19FN3OS2+. The van der Waals surface area contributed by atoms with Crippen molar-refractivity contribution in [3.63, 3.8) is 0 Å². The van der Waals surface area contributed by atoms with E-state index in [2.05, 4.69) is 4.98 Å². The molecule has 0 spiro atoms. The van der Waals surface area contributed by atoms with Crippen LogP contribution >= 0.6 is 22.7 Å². The third-order valence-corrected chi connectivity index (χ3v) is 6.57. The molecule has 2 atom stereocenters. The van der Waals surface area contributed by atoms with Crippen LogP contribution in [0.1, 0.15) is 24.4 Å². The van der Waals surface area contributed by atoms with Gasteiger partial charge in [0, 0.05) is 21.4 Å². The van der Waals surface area contributed by atoms with Gasteiger partial charge in [0.1, 0.15) is 23.2 Å². The number of nitrogens with zero attached hydrogens (tertiary/aromatic N) is 1. The Bertz CT molecular complexity index is 1120. The van der Waals surface area contributed by atoms with Crippen molar-refractivity contribution in [2.24, 2.45) is 0 Å². The number of H-pyrrole nitrogens is 1. The minimum atomic E-state index is -0.236. The second kappa shape index (κ2) is 7.34. The Hall–Kier alpha value is -2.35. The second-order valence-corrected chi connectivity index (χ2v) is 8.44. The van der Waals surface area contributed by atoms with Crippen molar-refractivity contribution in [1.82, 2.24) is 9.97 Å². The zero-order valence-electron chi connectivity index (χ0n) is 15.0. The van der Waals surface area contributed by atoms with E-state index in [0.717, 1.165) is 20.8 Å². The van der Waals surface area contributed by atoms with E-state index in [9.17, 15) is 9.18 Å². The minimum Gasteiger partial charge on any atom is -0.325 e. The maximum Gasteiger partial charge on any atom is 0.260 e. The summed E-state index contributed by atoms with van der Waals surface area (Å²) in [6, 6.07) is 10.5. The van der Waals surface area contributed by atoms with Gasteiger partial charge in [-0.25, -0.2) is 9.37 Å². The first-order valence-corrected chi connectivity index (χ1v) is 10.4. The van der Waals surface area contributed by atoms with Crippen molar-refractivity contribution in [3.8, 4) is 10.4 Å². The van der Waals surface area contributed by atoms with Crippen LogP contribution in [0.4, 0.5) is 4.39 Å². The van der Waals surface area contributed by atoms with Crippen LogP contribution < -0.4 is 10.5 Å². The number of benzene rings is 1. The molecule has 3 aromatic heterocycles. The Balaban J connectivity index is 1.63. The Labute approximate surface area is 163 Å². The van der Waals surface area contributed by atoms with Crippen molar-refractivity contribution >= 4 is 32.9 Å². The molecule has 1 aromatic carbocycles. The number of hydrogen-bond acceptors (Lipinski definition) is 4. The average molecular weight is 401 g/mol. The standard InChI is InChI=1S/C20H18FN3OS2/c1-12(24(2)10-13-5-7-14(21)8-6-13)18-22-19(25)17-15(11-27-20(17)23-18)16-4-3-9-26-16/h3-9,11-12H,10H2,1-2H3,(H,22,23,25)/p+1/t12-/m0/s1. The van der Waals surface area contributed by atoms with Gasteiger partial charge in [-0.05, 0) is 30.5 Å². The van der Waals surface area contributed by atoms with E-state index in [4.69, 9.17) is 4.98 Å². The molecule has 1 unspecified atom stereocenters. The molecule has 0 saturated heterocycles. The fourth-order valence-electron chi connectivity index (χ4n) is 3.09. The summed E-state index contributed by atoms with van der Waals surface area (Å²) in [5.41, 5.74) is 1.89. The van der Waals surface area contributed by atoms with E-state index in [1.54, 1.807) is 23.5 Å². The summed E-state index contributed by atoms with van der Waals surface area (Å²) < 4.78 is 13.1. The molecule has 0 aliphatic heterocycles. The molecule has 7 heteroatoms. The lowest BCUT2D eigenvalue weighted by atomic mass is 10.1. The molecule has 0 radical (unpaired) electrons. The van der Waals surface area contributed by atoms with Crippen molar-refractivity contribution in [3.05, 3.63) is 74.7 Å². The molecule has 4 aromatic rings. The lowest BCUT2D eigenvalue weighted by Crippen LogP contribution is -3.07. The summed E-state index contributed by atoms with van der Waals surface area (Å²) in [7, 11) is 2.05. The molecule has 0 saturated carbocycles. The number of hydrogen-bond donors (Lipinski definition) is 2. The Kier molecular flexibility index (Phi) is 4.90. The monoisotopic (exact) mass is 400 g/mol. The lowest BCUT2D eigenvalue weighted by Gasteiger charge is -2.21. The molecule has 0 aliphatic carbocycles. The summed E-state index contributed by atoms with van der Waals surface area (Å²) in [5.74, 6) is 0.437. The van der Waals surface area contributed by atoms with Gasteiger partial charge >= 0.3 is 0 Å². The van der Waals surface area contributed by atoms with Crippen molar-refractivity contribution in [2.75, 3.05) is 7.05 Å². The number of fused-ring (bicyclic) bond motifs is 1. The normalized spacial score (nSPS) is 13.7. The fraction of sp³-hybridized carbons (Fsp3) is 0.200. The van der Waals surface area contributed by atoms with Crippen LogP contribution in [0, 0.1) is 5.82 Å². The van der Waals surface area contributed by atoms with Gasteiger partial charge in [-0.15, -0.1) is 22.7 Å². The molecule has 0 bridgehead atoms. The molecule has 0 amide bonds. The average Bonchev–Trinajstić information content (AvgIpc) is 3.32. The van der Waals surface area contributed by atoms with E-state index in [1.165, 1.54) is 28.4 Å². The maximum absolute atomic E-state index is 13.1. The predicted octanol–water partition coefficient (Wildman–Crippen LogP) is 3.63. The van der Waals surface area contributed by atoms with Gasteiger partial charge in [0.2, 0.25) is 0 Å². The largest absolute Gasteiger partial charge is 0.325 e.